The van der Waals surface area contributed by atoms with Gasteiger partial charge >= 0.3 is 0 Å². The summed E-state index contributed by atoms with van der Waals surface area (Å²) in [6.45, 7) is 0. The Morgan fingerprint density at radius 3 is 2.32 bits per heavy atom. The van der Waals surface area contributed by atoms with Crippen LogP contribution >= 0.6 is 0 Å². The highest BCUT2D eigenvalue weighted by Gasteiger charge is 2.52. The molecule has 6 rings (SSSR count). The third-order valence-electron chi connectivity index (χ3n) is 6.37. The van der Waals surface area contributed by atoms with Gasteiger partial charge in [0.05, 0.1) is 0 Å². The lowest BCUT2D eigenvalue weighted by Gasteiger charge is -2.57. The van der Waals surface area contributed by atoms with Gasteiger partial charge < -0.3 is 10.1 Å². The minimum atomic E-state index is -0.328. The SMILES string of the molecule is O=C(NC12CC3CC(CC(C3)C1)C2)C1Cc2ccccc2O1. The molecule has 1 unspecified atom stereocenters. The van der Waals surface area contributed by atoms with E-state index in [4.69, 9.17) is 4.74 Å². The molecule has 4 aliphatic carbocycles. The average Bonchev–Trinajstić information content (AvgIpc) is 2.89. The van der Waals surface area contributed by atoms with Crippen molar-refractivity contribution >= 4 is 5.91 Å². The summed E-state index contributed by atoms with van der Waals surface area (Å²) in [4.78, 5) is 12.8. The molecular formula is C19H23NO2. The van der Waals surface area contributed by atoms with Gasteiger partial charge in [0.15, 0.2) is 6.10 Å². The standard InChI is InChI=1S/C19H23NO2/c21-18(17-8-15-3-1-2-4-16(15)22-17)20-19-9-12-5-13(10-19)7-14(6-12)11-19/h1-4,12-14,17H,5-11H2,(H,20,21). The summed E-state index contributed by atoms with van der Waals surface area (Å²) in [5.74, 6) is 3.56. The summed E-state index contributed by atoms with van der Waals surface area (Å²) in [5.41, 5.74) is 1.25. The normalized spacial score (nSPS) is 41.1. The number of amides is 1. The van der Waals surface area contributed by atoms with Crippen molar-refractivity contribution in [2.45, 2.75) is 56.6 Å². The number of rotatable bonds is 2. The molecule has 1 aromatic carbocycles. The maximum atomic E-state index is 12.8. The zero-order valence-corrected chi connectivity index (χ0v) is 12.9. The molecule has 3 heteroatoms. The summed E-state index contributed by atoms with van der Waals surface area (Å²) in [7, 11) is 0. The molecule has 1 aliphatic heterocycles. The largest absolute Gasteiger partial charge is 0.480 e. The third kappa shape index (κ3) is 1.98. The lowest BCUT2D eigenvalue weighted by atomic mass is 9.53. The van der Waals surface area contributed by atoms with Crippen molar-refractivity contribution in [3.63, 3.8) is 0 Å². The van der Waals surface area contributed by atoms with Crippen LogP contribution < -0.4 is 10.1 Å². The molecule has 1 N–H and O–H groups in total. The van der Waals surface area contributed by atoms with E-state index in [1.54, 1.807) is 0 Å². The fourth-order valence-electron chi connectivity index (χ4n) is 5.93. The fraction of sp³-hybridized carbons (Fsp3) is 0.632. The number of ether oxygens (including phenoxy) is 1. The van der Waals surface area contributed by atoms with Crippen LogP contribution in [0.1, 0.15) is 44.1 Å². The van der Waals surface area contributed by atoms with Crippen molar-refractivity contribution in [1.29, 1.82) is 0 Å². The Hall–Kier alpha value is -1.51. The quantitative estimate of drug-likeness (QED) is 0.911. The minimum Gasteiger partial charge on any atom is -0.480 e. The smallest absolute Gasteiger partial charge is 0.261 e. The molecule has 116 valence electrons. The van der Waals surface area contributed by atoms with Crippen LogP contribution in [0.25, 0.3) is 0 Å². The highest BCUT2D eigenvalue weighted by molar-refractivity contribution is 5.83. The van der Waals surface area contributed by atoms with Gasteiger partial charge in [-0.25, -0.2) is 0 Å². The molecule has 1 amide bonds. The Bertz CT molecular complexity index is 563. The predicted octanol–water partition coefficient (Wildman–Crippen LogP) is 3.08. The molecular weight excluding hydrogens is 274 g/mol. The second-order valence-electron chi connectivity index (χ2n) is 8.11. The lowest BCUT2D eigenvalue weighted by molar-refractivity contribution is -0.133. The van der Waals surface area contributed by atoms with Crippen LogP contribution in [0, 0.1) is 17.8 Å². The highest BCUT2D eigenvalue weighted by atomic mass is 16.5. The van der Waals surface area contributed by atoms with E-state index < -0.39 is 0 Å². The molecule has 22 heavy (non-hydrogen) atoms. The van der Waals surface area contributed by atoms with Crippen molar-refractivity contribution in [2.75, 3.05) is 0 Å². The van der Waals surface area contributed by atoms with Crippen LogP contribution in [0.3, 0.4) is 0 Å². The van der Waals surface area contributed by atoms with Gasteiger partial charge in [0, 0.05) is 12.0 Å². The maximum Gasteiger partial charge on any atom is 0.261 e. The predicted molar refractivity (Wildman–Crippen MR) is 83.6 cm³/mol. The Balaban J connectivity index is 1.32. The Morgan fingerprint density at radius 2 is 1.68 bits per heavy atom. The second-order valence-corrected chi connectivity index (χ2v) is 8.11. The summed E-state index contributed by atoms with van der Waals surface area (Å²) in [6, 6.07) is 8.01. The molecule has 1 aromatic rings. The first kappa shape index (κ1) is 13.0. The van der Waals surface area contributed by atoms with Crippen LogP contribution in [-0.4, -0.2) is 17.6 Å². The van der Waals surface area contributed by atoms with E-state index in [1.165, 1.54) is 38.5 Å². The Labute approximate surface area is 131 Å². The number of carbonyl (C=O) groups excluding carboxylic acids is 1. The summed E-state index contributed by atoms with van der Waals surface area (Å²) in [5, 5.41) is 3.44. The molecule has 0 aromatic heterocycles. The van der Waals surface area contributed by atoms with Crippen molar-refractivity contribution in [3.8, 4) is 5.75 Å². The first-order chi connectivity index (χ1) is 10.7. The molecule has 4 saturated carbocycles. The number of para-hydroxylation sites is 1. The number of benzene rings is 1. The van der Waals surface area contributed by atoms with Gasteiger partial charge in [-0.3, -0.25) is 4.79 Å². The van der Waals surface area contributed by atoms with E-state index in [1.807, 2.05) is 18.2 Å². The molecule has 5 aliphatic rings. The van der Waals surface area contributed by atoms with Gasteiger partial charge in [-0.05, 0) is 67.9 Å². The number of hydrogen-bond donors (Lipinski definition) is 1. The first-order valence-electron chi connectivity index (χ1n) is 8.76. The van der Waals surface area contributed by atoms with Crippen molar-refractivity contribution in [2.24, 2.45) is 17.8 Å². The zero-order chi connectivity index (χ0) is 14.7. The minimum absolute atomic E-state index is 0.0873. The van der Waals surface area contributed by atoms with Gasteiger partial charge in [-0.1, -0.05) is 18.2 Å². The van der Waals surface area contributed by atoms with E-state index in [0.29, 0.717) is 6.42 Å². The van der Waals surface area contributed by atoms with Crippen LogP contribution in [0.15, 0.2) is 24.3 Å². The third-order valence-corrected chi connectivity index (χ3v) is 6.37. The van der Waals surface area contributed by atoms with Crippen molar-refractivity contribution in [1.82, 2.24) is 5.32 Å². The van der Waals surface area contributed by atoms with Crippen LogP contribution in [-0.2, 0) is 11.2 Å². The number of carbonyl (C=O) groups is 1. The molecule has 0 saturated heterocycles. The topological polar surface area (TPSA) is 38.3 Å². The number of nitrogens with one attached hydrogen (secondary N) is 1. The monoisotopic (exact) mass is 297 g/mol. The summed E-state index contributed by atoms with van der Waals surface area (Å²) >= 11 is 0. The zero-order valence-electron chi connectivity index (χ0n) is 12.9. The van der Waals surface area contributed by atoms with Crippen LogP contribution in [0.4, 0.5) is 0 Å². The van der Waals surface area contributed by atoms with Gasteiger partial charge in [-0.2, -0.15) is 0 Å². The Kier molecular flexibility index (Phi) is 2.65. The van der Waals surface area contributed by atoms with Gasteiger partial charge in [0.1, 0.15) is 5.75 Å². The van der Waals surface area contributed by atoms with E-state index in [2.05, 4.69) is 11.4 Å². The highest BCUT2D eigenvalue weighted by Crippen LogP contribution is 2.55. The first-order valence-corrected chi connectivity index (χ1v) is 8.76. The number of hydrogen-bond acceptors (Lipinski definition) is 2. The van der Waals surface area contributed by atoms with Gasteiger partial charge in [0.2, 0.25) is 0 Å². The van der Waals surface area contributed by atoms with E-state index in [9.17, 15) is 4.79 Å². The van der Waals surface area contributed by atoms with Gasteiger partial charge in [-0.15, -0.1) is 0 Å². The van der Waals surface area contributed by atoms with Crippen LogP contribution in [0.5, 0.6) is 5.75 Å². The summed E-state index contributed by atoms with van der Waals surface area (Å²) in [6.07, 6.45) is 8.19. The van der Waals surface area contributed by atoms with E-state index in [0.717, 1.165) is 29.1 Å². The van der Waals surface area contributed by atoms with E-state index in [-0.39, 0.29) is 17.6 Å². The maximum absolute atomic E-state index is 12.8. The van der Waals surface area contributed by atoms with E-state index >= 15 is 0 Å². The Morgan fingerprint density at radius 1 is 1.05 bits per heavy atom. The second kappa shape index (κ2) is 4.50. The molecule has 4 fully saturated rings. The molecule has 0 spiro atoms. The molecule has 1 atom stereocenters. The molecule has 3 nitrogen and oxygen atoms in total. The number of fused-ring (bicyclic) bond motifs is 1. The van der Waals surface area contributed by atoms with Crippen molar-refractivity contribution in [3.05, 3.63) is 29.8 Å². The molecule has 0 radical (unpaired) electrons. The van der Waals surface area contributed by atoms with Crippen molar-refractivity contribution < 1.29 is 9.53 Å². The van der Waals surface area contributed by atoms with Gasteiger partial charge in [0.25, 0.3) is 5.91 Å². The molecule has 4 bridgehead atoms. The molecule has 1 heterocycles. The lowest BCUT2D eigenvalue weighted by Crippen LogP contribution is -2.61. The average molecular weight is 297 g/mol. The van der Waals surface area contributed by atoms with Crippen LogP contribution in [0.2, 0.25) is 0 Å². The fourth-order valence-corrected chi connectivity index (χ4v) is 5.93. The summed E-state index contributed by atoms with van der Waals surface area (Å²) < 4.78 is 5.87.